The van der Waals surface area contributed by atoms with E-state index in [2.05, 4.69) is 25.8 Å². The average Bonchev–Trinajstić information content (AvgIpc) is 3.23. The summed E-state index contributed by atoms with van der Waals surface area (Å²) in [7, 11) is 0. The molecule has 1 aliphatic heterocycles. The fourth-order valence-corrected chi connectivity index (χ4v) is 4.21. The maximum absolute atomic E-state index is 5.66. The van der Waals surface area contributed by atoms with E-state index in [1.165, 1.54) is 83.5 Å². The van der Waals surface area contributed by atoms with Gasteiger partial charge >= 0.3 is 0 Å². The second-order valence-corrected chi connectivity index (χ2v) is 9.23. The molecule has 0 amide bonds. The standard InChI is InChI=1S/C23H43NO/c1-4-5-6-7-9-12-15-20-18-21(20)16-13-10-8-11-14-17-22-24-23(2,3)19-25-22/h20-21H,4-19H2,1-3H3. The smallest absolute Gasteiger partial charge is 0.183 e. The summed E-state index contributed by atoms with van der Waals surface area (Å²) in [5.74, 6) is 3.20. The van der Waals surface area contributed by atoms with Crippen LogP contribution in [0.25, 0.3) is 0 Å². The van der Waals surface area contributed by atoms with E-state index in [9.17, 15) is 0 Å². The summed E-state index contributed by atoms with van der Waals surface area (Å²) in [6.07, 6.45) is 21.2. The van der Waals surface area contributed by atoms with Gasteiger partial charge in [0.1, 0.15) is 6.61 Å². The summed E-state index contributed by atoms with van der Waals surface area (Å²) in [6, 6.07) is 0. The van der Waals surface area contributed by atoms with Crippen molar-refractivity contribution < 1.29 is 4.74 Å². The van der Waals surface area contributed by atoms with E-state index in [0.717, 1.165) is 30.8 Å². The molecule has 1 fully saturated rings. The second kappa shape index (κ2) is 11.2. The van der Waals surface area contributed by atoms with E-state index in [4.69, 9.17) is 4.74 Å². The molecule has 25 heavy (non-hydrogen) atoms. The zero-order valence-electron chi connectivity index (χ0n) is 17.3. The van der Waals surface area contributed by atoms with Gasteiger partial charge in [0.05, 0.1) is 5.54 Å². The van der Waals surface area contributed by atoms with Gasteiger partial charge in [0.25, 0.3) is 0 Å². The minimum atomic E-state index is 0.0195. The van der Waals surface area contributed by atoms with E-state index >= 15 is 0 Å². The lowest BCUT2D eigenvalue weighted by Crippen LogP contribution is -2.17. The van der Waals surface area contributed by atoms with Crippen LogP contribution in [0.3, 0.4) is 0 Å². The van der Waals surface area contributed by atoms with Gasteiger partial charge in [-0.05, 0) is 38.5 Å². The maximum Gasteiger partial charge on any atom is 0.183 e. The molecule has 1 saturated carbocycles. The predicted octanol–water partition coefficient (Wildman–Crippen LogP) is 7.31. The van der Waals surface area contributed by atoms with Crippen LogP contribution in [-0.2, 0) is 4.74 Å². The van der Waals surface area contributed by atoms with Crippen molar-refractivity contribution >= 4 is 5.90 Å². The molecule has 2 nitrogen and oxygen atoms in total. The summed E-state index contributed by atoms with van der Waals surface area (Å²) < 4.78 is 5.66. The molecule has 0 aromatic carbocycles. The van der Waals surface area contributed by atoms with Crippen LogP contribution in [0.1, 0.15) is 117 Å². The minimum Gasteiger partial charge on any atom is -0.478 e. The van der Waals surface area contributed by atoms with Gasteiger partial charge in [0.15, 0.2) is 5.90 Å². The first-order chi connectivity index (χ1) is 12.1. The van der Waals surface area contributed by atoms with Gasteiger partial charge in [-0.2, -0.15) is 0 Å². The molecular formula is C23H43NO. The Balaban J connectivity index is 1.33. The predicted molar refractivity (Wildman–Crippen MR) is 109 cm³/mol. The first kappa shape index (κ1) is 20.8. The number of hydrogen-bond donors (Lipinski definition) is 0. The molecule has 146 valence electrons. The SMILES string of the molecule is CCCCCCCCC1CC1CCCCCCCC1=NC(C)(C)CO1. The molecule has 0 N–H and O–H groups in total. The van der Waals surface area contributed by atoms with Crippen molar-refractivity contribution in [1.29, 1.82) is 0 Å². The van der Waals surface area contributed by atoms with Crippen LogP contribution in [0.5, 0.6) is 0 Å². The molecule has 0 saturated heterocycles. The van der Waals surface area contributed by atoms with E-state index in [0.29, 0.717) is 0 Å². The van der Waals surface area contributed by atoms with Crippen LogP contribution in [0.15, 0.2) is 4.99 Å². The average molecular weight is 350 g/mol. The third-order valence-electron chi connectivity index (χ3n) is 5.98. The highest BCUT2D eigenvalue weighted by atomic mass is 16.5. The minimum absolute atomic E-state index is 0.0195. The van der Waals surface area contributed by atoms with E-state index < -0.39 is 0 Å². The molecule has 0 aromatic rings. The first-order valence-corrected chi connectivity index (χ1v) is 11.3. The molecule has 0 radical (unpaired) electrons. The third kappa shape index (κ3) is 9.11. The van der Waals surface area contributed by atoms with Gasteiger partial charge in [0, 0.05) is 6.42 Å². The van der Waals surface area contributed by atoms with E-state index in [1.807, 2.05) is 0 Å². The molecule has 2 rings (SSSR count). The van der Waals surface area contributed by atoms with Crippen molar-refractivity contribution in [3.05, 3.63) is 0 Å². The van der Waals surface area contributed by atoms with Crippen molar-refractivity contribution in [2.75, 3.05) is 6.61 Å². The van der Waals surface area contributed by atoms with Crippen LogP contribution >= 0.6 is 0 Å². The lowest BCUT2D eigenvalue weighted by molar-refractivity contribution is 0.273. The van der Waals surface area contributed by atoms with Crippen LogP contribution < -0.4 is 0 Å². The Kier molecular flexibility index (Phi) is 9.34. The highest BCUT2D eigenvalue weighted by Gasteiger charge is 2.35. The van der Waals surface area contributed by atoms with Crippen LogP contribution in [-0.4, -0.2) is 18.0 Å². The van der Waals surface area contributed by atoms with Gasteiger partial charge in [0.2, 0.25) is 0 Å². The number of aliphatic imine (C=N–C) groups is 1. The van der Waals surface area contributed by atoms with Crippen molar-refractivity contribution in [3.8, 4) is 0 Å². The van der Waals surface area contributed by atoms with Crippen LogP contribution in [0.2, 0.25) is 0 Å². The lowest BCUT2D eigenvalue weighted by Gasteiger charge is -2.07. The fourth-order valence-electron chi connectivity index (χ4n) is 4.21. The number of rotatable bonds is 15. The zero-order valence-corrected chi connectivity index (χ0v) is 17.3. The van der Waals surface area contributed by atoms with Crippen molar-refractivity contribution in [3.63, 3.8) is 0 Å². The normalized spacial score (nSPS) is 24.2. The molecule has 1 aliphatic carbocycles. The Morgan fingerprint density at radius 1 is 0.840 bits per heavy atom. The first-order valence-electron chi connectivity index (χ1n) is 11.3. The molecular weight excluding hydrogens is 306 g/mol. The molecule has 0 aromatic heterocycles. The van der Waals surface area contributed by atoms with Crippen molar-refractivity contribution in [2.24, 2.45) is 16.8 Å². The summed E-state index contributed by atoms with van der Waals surface area (Å²) in [6.45, 7) is 7.37. The largest absolute Gasteiger partial charge is 0.478 e. The summed E-state index contributed by atoms with van der Waals surface area (Å²) in [5.41, 5.74) is 0.0195. The molecule has 0 spiro atoms. The molecule has 2 heteroatoms. The second-order valence-electron chi connectivity index (χ2n) is 9.23. The molecule has 2 atom stereocenters. The zero-order chi connectivity index (χ0) is 18.0. The number of unbranched alkanes of at least 4 members (excludes halogenated alkanes) is 9. The van der Waals surface area contributed by atoms with Gasteiger partial charge in [-0.15, -0.1) is 0 Å². The van der Waals surface area contributed by atoms with Crippen LogP contribution in [0.4, 0.5) is 0 Å². The summed E-state index contributed by atoms with van der Waals surface area (Å²) in [5, 5.41) is 0. The Morgan fingerprint density at radius 3 is 1.96 bits per heavy atom. The summed E-state index contributed by atoms with van der Waals surface area (Å²) >= 11 is 0. The molecule has 2 unspecified atom stereocenters. The quantitative estimate of drug-likeness (QED) is 0.284. The number of ether oxygens (including phenoxy) is 1. The number of nitrogens with zero attached hydrogens (tertiary/aromatic N) is 1. The van der Waals surface area contributed by atoms with Gasteiger partial charge in [-0.25, -0.2) is 4.99 Å². The maximum atomic E-state index is 5.66. The van der Waals surface area contributed by atoms with E-state index in [-0.39, 0.29) is 5.54 Å². The number of hydrogen-bond acceptors (Lipinski definition) is 2. The van der Waals surface area contributed by atoms with Crippen molar-refractivity contribution in [2.45, 2.75) is 123 Å². The summed E-state index contributed by atoms with van der Waals surface area (Å²) in [4.78, 5) is 4.63. The Bertz CT molecular complexity index is 388. The van der Waals surface area contributed by atoms with Crippen LogP contribution in [0, 0.1) is 11.8 Å². The van der Waals surface area contributed by atoms with Gasteiger partial charge in [-0.1, -0.05) is 84.0 Å². The lowest BCUT2D eigenvalue weighted by atomic mass is 10.0. The topological polar surface area (TPSA) is 21.6 Å². The Labute approximate surface area is 157 Å². The third-order valence-corrected chi connectivity index (χ3v) is 5.98. The van der Waals surface area contributed by atoms with Gasteiger partial charge < -0.3 is 4.74 Å². The fraction of sp³-hybridized carbons (Fsp3) is 0.957. The Morgan fingerprint density at radius 2 is 1.40 bits per heavy atom. The highest BCUT2D eigenvalue weighted by Crippen LogP contribution is 2.45. The highest BCUT2D eigenvalue weighted by molar-refractivity contribution is 5.78. The van der Waals surface area contributed by atoms with Crippen molar-refractivity contribution in [1.82, 2.24) is 0 Å². The molecule has 1 heterocycles. The van der Waals surface area contributed by atoms with Gasteiger partial charge in [-0.3, -0.25) is 0 Å². The molecule has 2 aliphatic rings. The Hall–Kier alpha value is -0.530. The molecule has 0 bridgehead atoms. The van der Waals surface area contributed by atoms with E-state index in [1.54, 1.807) is 6.42 Å². The monoisotopic (exact) mass is 349 g/mol.